The van der Waals surface area contributed by atoms with Crippen LogP contribution in [0.15, 0.2) is 72.8 Å². The second-order valence-electron chi connectivity index (χ2n) is 8.37. The third-order valence-corrected chi connectivity index (χ3v) is 6.07. The number of nitrogens with one attached hydrogen (secondary N) is 2. The van der Waals surface area contributed by atoms with E-state index in [1.54, 1.807) is 18.9 Å². The number of likely N-dealkylation sites (N-methyl/N-ethyl adjacent to an activating group) is 1. The van der Waals surface area contributed by atoms with Gasteiger partial charge in [0.15, 0.2) is 0 Å². The monoisotopic (exact) mass is 441 g/mol. The number of hydrogen-bond acceptors (Lipinski definition) is 3. The Balaban J connectivity index is 1.52. The summed E-state index contributed by atoms with van der Waals surface area (Å²) in [6.07, 6.45) is 0. The van der Waals surface area contributed by atoms with E-state index in [0.717, 1.165) is 27.9 Å². The molecule has 0 aliphatic carbocycles. The van der Waals surface area contributed by atoms with E-state index in [4.69, 9.17) is 0 Å². The average molecular weight is 442 g/mol. The number of carbonyl (C=O) groups is 3. The van der Waals surface area contributed by atoms with Crippen LogP contribution in [0.3, 0.4) is 0 Å². The molecule has 0 spiro atoms. The van der Waals surface area contributed by atoms with E-state index < -0.39 is 17.9 Å². The largest absolute Gasteiger partial charge is 0.351 e. The van der Waals surface area contributed by atoms with Crippen LogP contribution in [0.25, 0.3) is 11.1 Å². The van der Waals surface area contributed by atoms with E-state index in [-0.39, 0.29) is 11.8 Å². The highest BCUT2D eigenvalue weighted by atomic mass is 16.2. The van der Waals surface area contributed by atoms with Gasteiger partial charge in [-0.15, -0.1) is 0 Å². The Morgan fingerprint density at radius 3 is 2.27 bits per heavy atom. The number of amides is 3. The van der Waals surface area contributed by atoms with Gasteiger partial charge in [-0.2, -0.15) is 0 Å². The van der Waals surface area contributed by atoms with E-state index in [1.807, 2.05) is 79.7 Å². The van der Waals surface area contributed by atoms with Gasteiger partial charge in [-0.05, 0) is 36.6 Å². The molecule has 1 aliphatic rings. The molecule has 0 bridgehead atoms. The van der Waals surface area contributed by atoms with Crippen LogP contribution in [0.5, 0.6) is 0 Å². The maximum absolute atomic E-state index is 13.3. The first kappa shape index (κ1) is 22.3. The standard InChI is InChI=1S/C27H27N3O3/c1-17-12-14-19(15-13-17)16-28-25(31)18(2)26(32)29-24-22-10-5-4-8-20(22)21-9-6-7-11-23(21)30(3)27(24)33/h4-15,18,24H,16H2,1-3H3,(H,28,31)(H,29,32)/t18-,24-/m0/s1. The average Bonchev–Trinajstić information content (AvgIpc) is 2.93. The summed E-state index contributed by atoms with van der Waals surface area (Å²) in [6.45, 7) is 3.88. The zero-order valence-electron chi connectivity index (χ0n) is 19.0. The van der Waals surface area contributed by atoms with Gasteiger partial charge in [0, 0.05) is 19.2 Å². The van der Waals surface area contributed by atoms with E-state index in [0.29, 0.717) is 12.1 Å². The topological polar surface area (TPSA) is 78.5 Å². The number of fused-ring (bicyclic) bond motifs is 3. The summed E-state index contributed by atoms with van der Waals surface area (Å²) >= 11 is 0. The minimum atomic E-state index is -0.952. The van der Waals surface area contributed by atoms with Crippen molar-refractivity contribution in [2.24, 2.45) is 5.92 Å². The first-order valence-electron chi connectivity index (χ1n) is 11.0. The Bertz CT molecular complexity index is 1200. The fraction of sp³-hybridized carbons (Fsp3) is 0.222. The Hall–Kier alpha value is -3.93. The van der Waals surface area contributed by atoms with Crippen molar-refractivity contribution >= 4 is 23.4 Å². The van der Waals surface area contributed by atoms with E-state index >= 15 is 0 Å². The van der Waals surface area contributed by atoms with Crippen LogP contribution in [0, 0.1) is 12.8 Å². The van der Waals surface area contributed by atoms with Gasteiger partial charge in [0.05, 0.1) is 5.69 Å². The zero-order chi connectivity index (χ0) is 23.5. The zero-order valence-corrected chi connectivity index (χ0v) is 19.0. The summed E-state index contributed by atoms with van der Waals surface area (Å²) in [6, 6.07) is 22.1. The smallest absolute Gasteiger partial charge is 0.253 e. The van der Waals surface area contributed by atoms with Crippen LogP contribution >= 0.6 is 0 Å². The van der Waals surface area contributed by atoms with Crippen LogP contribution in [0.1, 0.15) is 29.7 Å². The SMILES string of the molecule is Cc1ccc(CNC(=O)[C@H](C)C(=O)N[C@@H]2C(=O)N(C)c3ccccc3-c3ccccc32)cc1. The van der Waals surface area contributed by atoms with Gasteiger partial charge in [-0.3, -0.25) is 14.4 Å². The lowest BCUT2D eigenvalue weighted by Crippen LogP contribution is -2.45. The molecule has 2 atom stereocenters. The van der Waals surface area contributed by atoms with Gasteiger partial charge in [0.1, 0.15) is 12.0 Å². The molecule has 0 fully saturated rings. The van der Waals surface area contributed by atoms with Crippen molar-refractivity contribution in [3.8, 4) is 11.1 Å². The number of aryl methyl sites for hydroxylation is 1. The lowest BCUT2D eigenvalue weighted by molar-refractivity contribution is -0.136. The molecule has 0 saturated carbocycles. The molecule has 6 nitrogen and oxygen atoms in total. The molecule has 3 amide bonds. The van der Waals surface area contributed by atoms with Crippen molar-refractivity contribution in [1.29, 1.82) is 0 Å². The minimum absolute atomic E-state index is 0.256. The van der Waals surface area contributed by atoms with Crippen molar-refractivity contribution < 1.29 is 14.4 Å². The first-order chi connectivity index (χ1) is 15.9. The molecule has 2 N–H and O–H groups in total. The van der Waals surface area contributed by atoms with Crippen LogP contribution < -0.4 is 15.5 Å². The van der Waals surface area contributed by atoms with Gasteiger partial charge in [-0.25, -0.2) is 0 Å². The van der Waals surface area contributed by atoms with Crippen LogP contribution in [0.4, 0.5) is 5.69 Å². The molecule has 0 unspecified atom stereocenters. The summed E-state index contributed by atoms with van der Waals surface area (Å²) in [5.74, 6) is -2.10. The molecule has 6 heteroatoms. The van der Waals surface area contributed by atoms with E-state index in [1.165, 1.54) is 0 Å². The molecule has 0 aromatic heterocycles. The van der Waals surface area contributed by atoms with E-state index in [2.05, 4.69) is 10.6 Å². The molecular weight excluding hydrogens is 414 g/mol. The first-order valence-corrected chi connectivity index (χ1v) is 11.0. The van der Waals surface area contributed by atoms with Crippen LogP contribution in [-0.2, 0) is 20.9 Å². The second kappa shape index (κ2) is 9.28. The molecule has 3 aromatic carbocycles. The molecule has 4 rings (SSSR count). The molecular formula is C27H27N3O3. The lowest BCUT2D eigenvalue weighted by atomic mass is 9.95. The number of nitrogens with zero attached hydrogens (tertiary/aromatic N) is 1. The fourth-order valence-corrected chi connectivity index (χ4v) is 4.01. The number of rotatable bonds is 5. The number of carbonyl (C=O) groups excluding carboxylic acids is 3. The Morgan fingerprint density at radius 2 is 1.55 bits per heavy atom. The van der Waals surface area contributed by atoms with Gasteiger partial charge < -0.3 is 15.5 Å². The van der Waals surface area contributed by atoms with E-state index in [9.17, 15) is 14.4 Å². The third kappa shape index (κ3) is 4.51. The summed E-state index contributed by atoms with van der Waals surface area (Å²) in [5, 5.41) is 5.63. The summed E-state index contributed by atoms with van der Waals surface area (Å²) in [7, 11) is 1.70. The van der Waals surface area contributed by atoms with Gasteiger partial charge in [0.25, 0.3) is 5.91 Å². The molecule has 33 heavy (non-hydrogen) atoms. The molecule has 1 aliphatic heterocycles. The van der Waals surface area contributed by atoms with Crippen molar-refractivity contribution in [2.75, 3.05) is 11.9 Å². The number of anilines is 1. The molecule has 168 valence electrons. The Morgan fingerprint density at radius 1 is 0.909 bits per heavy atom. The second-order valence-corrected chi connectivity index (χ2v) is 8.37. The van der Waals surface area contributed by atoms with Gasteiger partial charge in [-0.1, -0.05) is 72.3 Å². The molecule has 1 heterocycles. The Labute approximate surface area is 193 Å². The molecule has 3 aromatic rings. The lowest BCUT2D eigenvalue weighted by Gasteiger charge is -2.24. The molecule has 0 radical (unpaired) electrons. The van der Waals surface area contributed by atoms with Gasteiger partial charge >= 0.3 is 0 Å². The summed E-state index contributed by atoms with van der Waals surface area (Å²) in [5.41, 5.74) is 5.37. The quantitative estimate of drug-likeness (QED) is 0.592. The highest BCUT2D eigenvalue weighted by Gasteiger charge is 2.34. The molecule has 0 saturated heterocycles. The van der Waals surface area contributed by atoms with Crippen molar-refractivity contribution in [3.05, 3.63) is 89.5 Å². The predicted molar refractivity (Wildman–Crippen MR) is 128 cm³/mol. The summed E-state index contributed by atoms with van der Waals surface area (Å²) < 4.78 is 0. The fourth-order valence-electron chi connectivity index (χ4n) is 4.01. The normalized spacial score (nSPS) is 15.7. The Kier molecular flexibility index (Phi) is 6.27. The number of hydrogen-bond donors (Lipinski definition) is 2. The summed E-state index contributed by atoms with van der Waals surface area (Å²) in [4.78, 5) is 40.6. The highest BCUT2D eigenvalue weighted by Crippen LogP contribution is 2.39. The van der Waals surface area contributed by atoms with Crippen molar-refractivity contribution in [2.45, 2.75) is 26.4 Å². The third-order valence-electron chi connectivity index (χ3n) is 6.07. The number of para-hydroxylation sites is 1. The predicted octanol–water partition coefficient (Wildman–Crippen LogP) is 3.75. The van der Waals surface area contributed by atoms with Crippen molar-refractivity contribution in [1.82, 2.24) is 10.6 Å². The van der Waals surface area contributed by atoms with Crippen molar-refractivity contribution in [3.63, 3.8) is 0 Å². The highest BCUT2D eigenvalue weighted by molar-refractivity contribution is 6.07. The minimum Gasteiger partial charge on any atom is -0.351 e. The van der Waals surface area contributed by atoms with Crippen LogP contribution in [-0.4, -0.2) is 24.8 Å². The maximum atomic E-state index is 13.3. The van der Waals surface area contributed by atoms with Gasteiger partial charge in [0.2, 0.25) is 11.8 Å². The van der Waals surface area contributed by atoms with Crippen LogP contribution in [0.2, 0.25) is 0 Å². The number of benzene rings is 3. The maximum Gasteiger partial charge on any atom is 0.253 e.